The molecule has 0 spiro atoms. The smallest absolute Gasteiger partial charge is 0.0538 e. The summed E-state index contributed by atoms with van der Waals surface area (Å²) in [6.45, 7) is 0. The Labute approximate surface area is 112 Å². The highest BCUT2D eigenvalue weighted by atomic mass is 15.1. The number of fused-ring (bicyclic) bond motifs is 1. The zero-order valence-corrected chi connectivity index (χ0v) is 10.5. The summed E-state index contributed by atoms with van der Waals surface area (Å²) < 4.78 is 0. The van der Waals surface area contributed by atoms with Crippen LogP contribution in [0.25, 0.3) is 21.9 Å². The molecule has 3 rings (SSSR count). The van der Waals surface area contributed by atoms with E-state index in [1.807, 2.05) is 12.1 Å². The third-order valence-corrected chi connectivity index (χ3v) is 3.22. The Balaban J connectivity index is 2.03. The second-order valence-corrected chi connectivity index (χ2v) is 4.46. The van der Waals surface area contributed by atoms with Crippen LogP contribution in [0, 0.1) is 0 Å². The van der Waals surface area contributed by atoms with Gasteiger partial charge in [-0.1, -0.05) is 60.7 Å². The molecule has 0 aromatic heterocycles. The van der Waals surface area contributed by atoms with Crippen molar-refractivity contribution in [1.82, 2.24) is 0 Å². The van der Waals surface area contributed by atoms with Crippen molar-refractivity contribution in [2.45, 2.75) is 0 Å². The van der Waals surface area contributed by atoms with Gasteiger partial charge in [-0.25, -0.2) is 0 Å². The lowest BCUT2D eigenvalue weighted by molar-refractivity contribution is 1.26. The van der Waals surface area contributed by atoms with E-state index in [2.05, 4.69) is 59.7 Å². The molecule has 0 atom stereocenters. The zero-order chi connectivity index (χ0) is 13.1. The van der Waals surface area contributed by atoms with Crippen molar-refractivity contribution in [3.63, 3.8) is 0 Å². The molecule has 0 unspecified atom stereocenters. The van der Waals surface area contributed by atoms with Gasteiger partial charge in [-0.05, 0) is 33.5 Å². The lowest BCUT2D eigenvalue weighted by atomic mass is 10.0. The number of nitrogens with zero attached hydrogens (tertiary/aromatic N) is 1. The van der Waals surface area contributed by atoms with Crippen LogP contribution in [0.15, 0.2) is 71.8 Å². The minimum atomic E-state index is 1.01. The van der Waals surface area contributed by atoms with Gasteiger partial charge < -0.3 is 5.84 Å². The van der Waals surface area contributed by atoms with Crippen LogP contribution in [-0.4, -0.2) is 6.21 Å². The van der Waals surface area contributed by atoms with Crippen molar-refractivity contribution in [2.24, 2.45) is 10.9 Å². The molecule has 0 bridgehead atoms. The monoisotopic (exact) mass is 246 g/mol. The first-order chi connectivity index (χ1) is 9.36. The molecule has 92 valence electrons. The Morgan fingerprint density at radius 2 is 1.42 bits per heavy atom. The van der Waals surface area contributed by atoms with Crippen molar-refractivity contribution in [2.75, 3.05) is 0 Å². The summed E-state index contributed by atoms with van der Waals surface area (Å²) in [5.74, 6) is 5.14. The number of hydrogen-bond donors (Lipinski definition) is 1. The van der Waals surface area contributed by atoms with Crippen LogP contribution in [0.5, 0.6) is 0 Å². The highest BCUT2D eigenvalue weighted by molar-refractivity contribution is 5.88. The summed E-state index contributed by atoms with van der Waals surface area (Å²) in [6.07, 6.45) is 1.64. The van der Waals surface area contributed by atoms with Crippen LogP contribution < -0.4 is 5.84 Å². The number of rotatable bonds is 2. The van der Waals surface area contributed by atoms with E-state index in [4.69, 9.17) is 5.84 Å². The molecule has 0 aliphatic carbocycles. The fraction of sp³-hybridized carbons (Fsp3) is 0. The van der Waals surface area contributed by atoms with Crippen molar-refractivity contribution in [1.29, 1.82) is 0 Å². The second kappa shape index (κ2) is 4.94. The normalized spacial score (nSPS) is 11.2. The lowest BCUT2D eigenvalue weighted by Crippen LogP contribution is -1.86. The summed E-state index contributed by atoms with van der Waals surface area (Å²) in [4.78, 5) is 0. The van der Waals surface area contributed by atoms with Crippen LogP contribution in [0.1, 0.15) is 5.56 Å². The number of hydrazone groups is 1. The quantitative estimate of drug-likeness (QED) is 0.417. The average molecular weight is 246 g/mol. The summed E-state index contributed by atoms with van der Waals surface area (Å²) >= 11 is 0. The first kappa shape index (κ1) is 11.5. The van der Waals surface area contributed by atoms with Gasteiger partial charge in [-0.15, -0.1) is 0 Å². The van der Waals surface area contributed by atoms with E-state index in [0.717, 1.165) is 5.56 Å². The van der Waals surface area contributed by atoms with E-state index in [0.29, 0.717) is 0 Å². The van der Waals surface area contributed by atoms with Crippen LogP contribution in [0.2, 0.25) is 0 Å². The lowest BCUT2D eigenvalue weighted by Gasteiger charge is -2.04. The van der Waals surface area contributed by atoms with E-state index < -0.39 is 0 Å². The minimum absolute atomic E-state index is 1.01. The first-order valence-corrected chi connectivity index (χ1v) is 6.19. The highest BCUT2D eigenvalue weighted by Gasteiger charge is 1.99. The third kappa shape index (κ3) is 2.33. The standard InChI is InChI=1S/C17H14N2/c18-19-12-13-5-7-15(8-6-13)17-10-9-14-3-1-2-4-16(14)11-17/h1-12H,18H2. The number of hydrogen-bond acceptors (Lipinski definition) is 2. The molecular weight excluding hydrogens is 232 g/mol. The third-order valence-electron chi connectivity index (χ3n) is 3.22. The molecule has 2 N–H and O–H groups in total. The molecule has 0 saturated carbocycles. The van der Waals surface area contributed by atoms with E-state index in [1.165, 1.54) is 21.9 Å². The average Bonchev–Trinajstić information content (AvgIpc) is 2.48. The second-order valence-electron chi connectivity index (χ2n) is 4.46. The molecule has 0 radical (unpaired) electrons. The van der Waals surface area contributed by atoms with Gasteiger partial charge in [0.2, 0.25) is 0 Å². The van der Waals surface area contributed by atoms with E-state index in [-0.39, 0.29) is 0 Å². The Hall–Kier alpha value is -2.61. The summed E-state index contributed by atoms with van der Waals surface area (Å²) in [6, 6.07) is 23.1. The number of benzene rings is 3. The molecule has 0 heterocycles. The predicted octanol–water partition coefficient (Wildman–Crippen LogP) is 3.80. The maximum Gasteiger partial charge on any atom is 0.0538 e. The summed E-state index contributed by atoms with van der Waals surface area (Å²) in [5.41, 5.74) is 3.42. The molecule has 2 nitrogen and oxygen atoms in total. The molecule has 0 aliphatic rings. The molecular formula is C17H14N2. The van der Waals surface area contributed by atoms with Crippen molar-refractivity contribution in [3.05, 3.63) is 72.3 Å². The van der Waals surface area contributed by atoms with E-state index >= 15 is 0 Å². The van der Waals surface area contributed by atoms with Gasteiger partial charge in [-0.3, -0.25) is 0 Å². The Morgan fingerprint density at radius 3 is 2.16 bits per heavy atom. The molecule has 3 aromatic rings. The number of nitrogens with two attached hydrogens (primary N) is 1. The van der Waals surface area contributed by atoms with Crippen LogP contribution in [0.4, 0.5) is 0 Å². The van der Waals surface area contributed by atoms with Crippen LogP contribution in [-0.2, 0) is 0 Å². The van der Waals surface area contributed by atoms with Crippen LogP contribution in [0.3, 0.4) is 0 Å². The van der Waals surface area contributed by atoms with Gasteiger partial charge in [0.15, 0.2) is 0 Å². The topological polar surface area (TPSA) is 38.4 Å². The molecule has 0 fully saturated rings. The van der Waals surface area contributed by atoms with E-state index in [9.17, 15) is 0 Å². The van der Waals surface area contributed by atoms with Crippen LogP contribution >= 0.6 is 0 Å². The Morgan fingerprint density at radius 1 is 0.737 bits per heavy atom. The maximum absolute atomic E-state index is 5.14. The molecule has 0 saturated heterocycles. The van der Waals surface area contributed by atoms with Crippen molar-refractivity contribution in [3.8, 4) is 11.1 Å². The van der Waals surface area contributed by atoms with Crippen molar-refractivity contribution >= 4 is 17.0 Å². The largest absolute Gasteiger partial charge is 0.323 e. The van der Waals surface area contributed by atoms with Gasteiger partial charge in [0.1, 0.15) is 0 Å². The van der Waals surface area contributed by atoms with Gasteiger partial charge in [0, 0.05) is 0 Å². The van der Waals surface area contributed by atoms with Gasteiger partial charge >= 0.3 is 0 Å². The summed E-state index contributed by atoms with van der Waals surface area (Å²) in [7, 11) is 0. The Kier molecular flexibility index (Phi) is 2.99. The molecule has 19 heavy (non-hydrogen) atoms. The van der Waals surface area contributed by atoms with E-state index in [1.54, 1.807) is 6.21 Å². The van der Waals surface area contributed by atoms with Gasteiger partial charge in [0.25, 0.3) is 0 Å². The van der Waals surface area contributed by atoms with Gasteiger partial charge in [-0.2, -0.15) is 5.10 Å². The molecule has 0 amide bonds. The molecule has 2 heteroatoms. The fourth-order valence-electron chi connectivity index (χ4n) is 2.22. The molecule has 3 aromatic carbocycles. The summed E-state index contributed by atoms with van der Waals surface area (Å²) in [5, 5.41) is 6.04. The fourth-order valence-corrected chi connectivity index (χ4v) is 2.22. The first-order valence-electron chi connectivity index (χ1n) is 6.19. The Bertz CT molecular complexity index is 728. The van der Waals surface area contributed by atoms with Crippen molar-refractivity contribution < 1.29 is 0 Å². The molecule has 0 aliphatic heterocycles. The van der Waals surface area contributed by atoms with Gasteiger partial charge in [0.05, 0.1) is 6.21 Å². The SMILES string of the molecule is NN=Cc1ccc(-c2ccc3ccccc3c2)cc1. The maximum atomic E-state index is 5.14. The predicted molar refractivity (Wildman–Crippen MR) is 81.2 cm³/mol. The zero-order valence-electron chi connectivity index (χ0n) is 10.5. The highest BCUT2D eigenvalue weighted by Crippen LogP contribution is 2.24. The minimum Gasteiger partial charge on any atom is -0.323 e.